The molecule has 0 bridgehead atoms. The topological polar surface area (TPSA) is 24.1 Å². The molecular formula is C18H24N2. The second-order valence-electron chi connectivity index (χ2n) is 5.33. The summed E-state index contributed by atoms with van der Waals surface area (Å²) in [6.45, 7) is 6.42. The van der Waals surface area contributed by atoms with E-state index in [2.05, 4.69) is 73.0 Å². The summed E-state index contributed by atoms with van der Waals surface area (Å²) in [5.74, 6) is 0. The van der Waals surface area contributed by atoms with Crippen LogP contribution in [0.4, 0.5) is 5.69 Å². The van der Waals surface area contributed by atoms with Gasteiger partial charge in [0.25, 0.3) is 0 Å². The fraction of sp³-hybridized carbons (Fsp3) is 0.333. The highest BCUT2D eigenvalue weighted by Gasteiger charge is 1.97. The molecule has 0 aliphatic carbocycles. The van der Waals surface area contributed by atoms with Crippen molar-refractivity contribution in [3.05, 3.63) is 54.6 Å². The van der Waals surface area contributed by atoms with E-state index in [4.69, 9.17) is 0 Å². The number of rotatable bonds is 7. The van der Waals surface area contributed by atoms with E-state index in [1.54, 1.807) is 0 Å². The SMILES string of the molecule is CC(C)NCCCNc1ccc(-c2ccccc2)cc1. The van der Waals surface area contributed by atoms with E-state index >= 15 is 0 Å². The van der Waals surface area contributed by atoms with Crippen molar-refractivity contribution in [2.75, 3.05) is 18.4 Å². The molecule has 0 aromatic heterocycles. The molecule has 2 nitrogen and oxygen atoms in total. The summed E-state index contributed by atoms with van der Waals surface area (Å²) in [5.41, 5.74) is 3.71. The molecule has 0 aliphatic rings. The molecule has 106 valence electrons. The number of hydrogen-bond acceptors (Lipinski definition) is 2. The molecule has 0 atom stereocenters. The highest BCUT2D eigenvalue weighted by atomic mass is 14.9. The summed E-state index contributed by atoms with van der Waals surface area (Å²) in [6.07, 6.45) is 1.14. The van der Waals surface area contributed by atoms with Crippen LogP contribution in [0.15, 0.2) is 54.6 Å². The first-order chi connectivity index (χ1) is 9.75. The van der Waals surface area contributed by atoms with Crippen LogP contribution in [-0.4, -0.2) is 19.1 Å². The number of anilines is 1. The van der Waals surface area contributed by atoms with Crippen LogP contribution in [0.2, 0.25) is 0 Å². The van der Waals surface area contributed by atoms with Crippen molar-refractivity contribution in [1.82, 2.24) is 5.32 Å². The zero-order chi connectivity index (χ0) is 14.2. The summed E-state index contributed by atoms with van der Waals surface area (Å²) in [6, 6.07) is 19.7. The van der Waals surface area contributed by atoms with Gasteiger partial charge in [0.1, 0.15) is 0 Å². The van der Waals surface area contributed by atoms with Crippen LogP contribution < -0.4 is 10.6 Å². The Bertz CT molecular complexity index is 489. The van der Waals surface area contributed by atoms with Crippen molar-refractivity contribution in [2.24, 2.45) is 0 Å². The number of nitrogens with one attached hydrogen (secondary N) is 2. The maximum absolute atomic E-state index is 3.46. The molecule has 0 saturated carbocycles. The van der Waals surface area contributed by atoms with Crippen molar-refractivity contribution < 1.29 is 0 Å². The highest BCUT2D eigenvalue weighted by molar-refractivity contribution is 5.65. The van der Waals surface area contributed by atoms with Gasteiger partial charge in [-0.3, -0.25) is 0 Å². The molecule has 0 heterocycles. The zero-order valence-corrected chi connectivity index (χ0v) is 12.4. The summed E-state index contributed by atoms with van der Waals surface area (Å²) >= 11 is 0. The van der Waals surface area contributed by atoms with E-state index in [1.807, 2.05) is 6.07 Å². The van der Waals surface area contributed by atoms with Crippen molar-refractivity contribution >= 4 is 5.69 Å². The van der Waals surface area contributed by atoms with Gasteiger partial charge in [-0.15, -0.1) is 0 Å². The highest BCUT2D eigenvalue weighted by Crippen LogP contribution is 2.20. The summed E-state index contributed by atoms with van der Waals surface area (Å²) in [4.78, 5) is 0. The first-order valence-electron chi connectivity index (χ1n) is 7.38. The second-order valence-corrected chi connectivity index (χ2v) is 5.33. The lowest BCUT2D eigenvalue weighted by molar-refractivity contribution is 0.578. The van der Waals surface area contributed by atoms with Gasteiger partial charge >= 0.3 is 0 Å². The third-order valence-corrected chi connectivity index (χ3v) is 3.23. The van der Waals surface area contributed by atoms with Gasteiger partial charge in [0.2, 0.25) is 0 Å². The Labute approximate surface area is 122 Å². The van der Waals surface area contributed by atoms with Gasteiger partial charge in [0.05, 0.1) is 0 Å². The minimum absolute atomic E-state index is 0.570. The van der Waals surface area contributed by atoms with Gasteiger partial charge in [0, 0.05) is 18.3 Å². The van der Waals surface area contributed by atoms with Crippen LogP contribution in [0.3, 0.4) is 0 Å². The Morgan fingerprint density at radius 1 is 0.800 bits per heavy atom. The minimum atomic E-state index is 0.570. The Morgan fingerprint density at radius 2 is 1.45 bits per heavy atom. The molecule has 0 unspecified atom stereocenters. The molecule has 0 saturated heterocycles. The summed E-state index contributed by atoms with van der Waals surface area (Å²) in [7, 11) is 0. The lowest BCUT2D eigenvalue weighted by atomic mass is 10.1. The van der Waals surface area contributed by atoms with Crippen LogP contribution >= 0.6 is 0 Å². The minimum Gasteiger partial charge on any atom is -0.385 e. The van der Waals surface area contributed by atoms with Gasteiger partial charge in [-0.05, 0) is 36.2 Å². The fourth-order valence-corrected chi connectivity index (χ4v) is 2.12. The van der Waals surface area contributed by atoms with E-state index in [-0.39, 0.29) is 0 Å². The molecule has 0 amide bonds. The lowest BCUT2D eigenvalue weighted by Gasteiger charge is -2.10. The lowest BCUT2D eigenvalue weighted by Crippen LogP contribution is -2.25. The molecule has 0 aliphatic heterocycles. The van der Waals surface area contributed by atoms with Gasteiger partial charge < -0.3 is 10.6 Å². The Hall–Kier alpha value is -1.80. The van der Waals surface area contributed by atoms with Crippen molar-refractivity contribution in [2.45, 2.75) is 26.3 Å². The molecule has 2 rings (SSSR count). The molecule has 2 aromatic rings. The Kier molecular flexibility index (Phi) is 5.63. The van der Waals surface area contributed by atoms with E-state index < -0.39 is 0 Å². The first-order valence-corrected chi connectivity index (χ1v) is 7.38. The second kappa shape index (κ2) is 7.71. The average molecular weight is 268 g/mol. The molecular weight excluding hydrogens is 244 g/mol. The third kappa shape index (κ3) is 4.71. The van der Waals surface area contributed by atoms with Gasteiger partial charge in [-0.2, -0.15) is 0 Å². The van der Waals surface area contributed by atoms with E-state index in [0.29, 0.717) is 6.04 Å². The van der Waals surface area contributed by atoms with Gasteiger partial charge in [-0.1, -0.05) is 56.3 Å². The molecule has 0 radical (unpaired) electrons. The normalized spacial score (nSPS) is 10.8. The molecule has 20 heavy (non-hydrogen) atoms. The van der Waals surface area contributed by atoms with Crippen molar-refractivity contribution in [3.63, 3.8) is 0 Å². The zero-order valence-electron chi connectivity index (χ0n) is 12.4. The average Bonchev–Trinajstić information content (AvgIpc) is 2.48. The predicted molar refractivity (Wildman–Crippen MR) is 88.1 cm³/mol. The maximum Gasteiger partial charge on any atom is 0.0340 e. The summed E-state index contributed by atoms with van der Waals surface area (Å²) < 4.78 is 0. The standard InChI is InChI=1S/C18H24N2/c1-15(2)19-13-6-14-20-18-11-9-17(10-12-18)16-7-4-3-5-8-16/h3-5,7-12,15,19-20H,6,13-14H2,1-2H3. The summed E-state index contributed by atoms with van der Waals surface area (Å²) in [5, 5.41) is 6.88. The molecule has 0 spiro atoms. The van der Waals surface area contributed by atoms with E-state index in [0.717, 1.165) is 19.5 Å². The van der Waals surface area contributed by atoms with Crippen molar-refractivity contribution in [1.29, 1.82) is 0 Å². The van der Waals surface area contributed by atoms with Crippen LogP contribution in [0.5, 0.6) is 0 Å². The monoisotopic (exact) mass is 268 g/mol. The maximum atomic E-state index is 3.46. The van der Waals surface area contributed by atoms with Crippen LogP contribution in [0, 0.1) is 0 Å². The first kappa shape index (κ1) is 14.6. The number of benzene rings is 2. The van der Waals surface area contributed by atoms with E-state index in [9.17, 15) is 0 Å². The molecule has 2 heteroatoms. The van der Waals surface area contributed by atoms with Gasteiger partial charge in [0.15, 0.2) is 0 Å². The van der Waals surface area contributed by atoms with Gasteiger partial charge in [-0.25, -0.2) is 0 Å². The van der Waals surface area contributed by atoms with E-state index in [1.165, 1.54) is 16.8 Å². The molecule has 2 N–H and O–H groups in total. The smallest absolute Gasteiger partial charge is 0.0340 e. The Balaban J connectivity index is 1.80. The van der Waals surface area contributed by atoms with Crippen LogP contribution in [0.25, 0.3) is 11.1 Å². The third-order valence-electron chi connectivity index (χ3n) is 3.23. The van der Waals surface area contributed by atoms with Crippen LogP contribution in [0.1, 0.15) is 20.3 Å². The largest absolute Gasteiger partial charge is 0.385 e. The molecule has 0 fully saturated rings. The predicted octanol–water partition coefficient (Wildman–Crippen LogP) is 4.15. The molecule has 2 aromatic carbocycles. The van der Waals surface area contributed by atoms with Crippen molar-refractivity contribution in [3.8, 4) is 11.1 Å². The Morgan fingerprint density at radius 3 is 2.10 bits per heavy atom. The number of hydrogen-bond donors (Lipinski definition) is 2. The van der Waals surface area contributed by atoms with Crippen LogP contribution in [-0.2, 0) is 0 Å². The quantitative estimate of drug-likeness (QED) is 0.737. The fourth-order valence-electron chi connectivity index (χ4n) is 2.12.